The normalized spacial score (nSPS) is 12.8. The van der Waals surface area contributed by atoms with Crippen molar-refractivity contribution in [2.75, 3.05) is 11.4 Å². The van der Waals surface area contributed by atoms with E-state index in [0.29, 0.717) is 23.1 Å². The number of hydrogen-bond acceptors (Lipinski definition) is 8. The molecule has 0 saturated carbocycles. The van der Waals surface area contributed by atoms with Crippen molar-refractivity contribution in [1.82, 2.24) is 9.88 Å². The summed E-state index contributed by atoms with van der Waals surface area (Å²) in [5.41, 5.74) is 1.03. The quantitative estimate of drug-likeness (QED) is 0.399. The Morgan fingerprint density at radius 1 is 1.19 bits per heavy atom. The van der Waals surface area contributed by atoms with Crippen LogP contribution in [0.1, 0.15) is 56.4 Å². The highest BCUT2D eigenvalue weighted by Gasteiger charge is 2.36. The van der Waals surface area contributed by atoms with Crippen molar-refractivity contribution in [1.29, 1.82) is 0 Å². The van der Waals surface area contributed by atoms with Gasteiger partial charge in [0.05, 0.1) is 35.2 Å². The lowest BCUT2D eigenvalue weighted by Crippen LogP contribution is -2.28. The third-order valence-corrected chi connectivity index (χ3v) is 5.83. The molecule has 2 aromatic heterocycles. The van der Waals surface area contributed by atoms with Crippen molar-refractivity contribution in [2.24, 2.45) is 0 Å². The lowest BCUT2D eigenvalue weighted by Gasteiger charge is -2.14. The smallest absolute Gasteiger partial charge is 0.338 e. The fourth-order valence-corrected chi connectivity index (χ4v) is 4.24. The lowest BCUT2D eigenvalue weighted by atomic mass is 10.1. The molecule has 3 heterocycles. The average molecular weight is 453 g/mol. The van der Waals surface area contributed by atoms with Crippen molar-refractivity contribution in [3.63, 3.8) is 0 Å². The predicted octanol–water partition coefficient (Wildman–Crippen LogP) is 3.26. The molecule has 0 spiro atoms. The van der Waals surface area contributed by atoms with E-state index < -0.39 is 17.8 Å². The van der Waals surface area contributed by atoms with Gasteiger partial charge in [-0.15, -0.1) is 11.3 Å². The van der Waals surface area contributed by atoms with Crippen LogP contribution < -0.4 is 4.90 Å². The van der Waals surface area contributed by atoms with Crippen LogP contribution in [0.4, 0.5) is 5.13 Å². The van der Waals surface area contributed by atoms with Gasteiger partial charge in [0, 0.05) is 18.8 Å². The van der Waals surface area contributed by atoms with E-state index >= 15 is 0 Å². The van der Waals surface area contributed by atoms with Crippen LogP contribution in [-0.4, -0.2) is 40.1 Å². The standard InChI is InChI=1S/C22H19N3O6S/c1-3-24(13(2)26)22-23-15(12-32-22)11-31-21(29)14-6-7-17-18(9-14)20(28)25(19(17)27)10-16-5-4-8-30-16/h4-9,12H,3,10-11H2,1-2H3. The van der Waals surface area contributed by atoms with Crippen molar-refractivity contribution >= 4 is 40.2 Å². The van der Waals surface area contributed by atoms with Crippen molar-refractivity contribution in [3.8, 4) is 0 Å². The molecular formula is C22H19N3O6S. The maximum absolute atomic E-state index is 12.7. The Hall–Kier alpha value is -3.79. The van der Waals surface area contributed by atoms with Crippen LogP contribution in [0.25, 0.3) is 0 Å². The minimum atomic E-state index is -0.647. The zero-order chi connectivity index (χ0) is 22.8. The first kappa shape index (κ1) is 21.4. The van der Waals surface area contributed by atoms with Gasteiger partial charge in [0.15, 0.2) is 5.13 Å². The molecule has 1 aliphatic heterocycles. The number of carbonyl (C=O) groups excluding carboxylic acids is 4. The number of ether oxygens (including phenoxy) is 1. The van der Waals surface area contributed by atoms with Gasteiger partial charge >= 0.3 is 5.97 Å². The van der Waals surface area contributed by atoms with E-state index in [0.717, 1.165) is 4.90 Å². The minimum absolute atomic E-state index is 0.0142. The summed E-state index contributed by atoms with van der Waals surface area (Å²) in [4.78, 5) is 56.3. The summed E-state index contributed by atoms with van der Waals surface area (Å²) in [5, 5.41) is 2.25. The molecule has 1 aliphatic rings. The van der Waals surface area contributed by atoms with Gasteiger partial charge in [0.25, 0.3) is 11.8 Å². The van der Waals surface area contributed by atoms with E-state index in [9.17, 15) is 19.2 Å². The second kappa shape index (κ2) is 8.75. The molecular weight excluding hydrogens is 434 g/mol. The molecule has 0 saturated heterocycles. The molecule has 1 aromatic carbocycles. The van der Waals surface area contributed by atoms with Gasteiger partial charge < -0.3 is 9.15 Å². The topological polar surface area (TPSA) is 110 Å². The lowest BCUT2D eigenvalue weighted by molar-refractivity contribution is -0.116. The van der Waals surface area contributed by atoms with Crippen LogP contribution in [-0.2, 0) is 22.7 Å². The number of anilines is 1. The summed E-state index contributed by atoms with van der Waals surface area (Å²) in [7, 11) is 0. The maximum atomic E-state index is 12.7. The molecule has 3 amide bonds. The van der Waals surface area contributed by atoms with Gasteiger partial charge in [0.2, 0.25) is 5.91 Å². The van der Waals surface area contributed by atoms with Crippen LogP contribution in [0.15, 0.2) is 46.4 Å². The van der Waals surface area contributed by atoms with E-state index in [4.69, 9.17) is 9.15 Å². The van der Waals surface area contributed by atoms with Crippen LogP contribution in [0.3, 0.4) is 0 Å². The van der Waals surface area contributed by atoms with Gasteiger partial charge in [0.1, 0.15) is 12.4 Å². The average Bonchev–Trinajstić information content (AvgIpc) is 3.51. The largest absolute Gasteiger partial charge is 0.467 e. The SMILES string of the molecule is CCN(C(C)=O)c1nc(COC(=O)c2ccc3c(c2)C(=O)N(Cc2ccco2)C3=O)cs1. The number of furan rings is 1. The Balaban J connectivity index is 1.44. The summed E-state index contributed by atoms with van der Waals surface area (Å²) in [5.74, 6) is -1.23. The third kappa shape index (κ3) is 4.04. The van der Waals surface area contributed by atoms with Crippen LogP contribution in [0.2, 0.25) is 0 Å². The van der Waals surface area contributed by atoms with E-state index in [2.05, 4.69) is 4.98 Å². The Bertz CT molecular complexity index is 1200. The molecule has 0 N–H and O–H groups in total. The van der Waals surface area contributed by atoms with Crippen molar-refractivity contribution in [2.45, 2.75) is 27.0 Å². The number of benzene rings is 1. The molecule has 9 nitrogen and oxygen atoms in total. The van der Waals surface area contributed by atoms with Gasteiger partial charge in [-0.2, -0.15) is 0 Å². The number of hydrogen-bond donors (Lipinski definition) is 0. The number of imide groups is 1. The second-order valence-corrected chi connectivity index (χ2v) is 7.83. The molecule has 10 heteroatoms. The summed E-state index contributed by atoms with van der Waals surface area (Å²) < 4.78 is 10.5. The zero-order valence-electron chi connectivity index (χ0n) is 17.4. The molecule has 0 radical (unpaired) electrons. The molecule has 4 rings (SSSR count). The number of fused-ring (bicyclic) bond motifs is 1. The molecule has 0 unspecified atom stereocenters. The number of aromatic nitrogens is 1. The molecule has 32 heavy (non-hydrogen) atoms. The predicted molar refractivity (Wildman–Crippen MR) is 114 cm³/mol. The molecule has 3 aromatic rings. The number of amides is 3. The first-order valence-electron chi connectivity index (χ1n) is 9.81. The van der Waals surface area contributed by atoms with Crippen LogP contribution >= 0.6 is 11.3 Å². The Kier molecular flexibility index (Phi) is 5.87. The molecule has 0 aliphatic carbocycles. The number of carbonyl (C=O) groups is 4. The highest BCUT2D eigenvalue weighted by Crippen LogP contribution is 2.26. The number of esters is 1. The monoisotopic (exact) mass is 453 g/mol. The fourth-order valence-electron chi connectivity index (χ4n) is 3.32. The molecule has 0 bridgehead atoms. The second-order valence-electron chi connectivity index (χ2n) is 7.00. The van der Waals surface area contributed by atoms with Gasteiger partial charge in [-0.05, 0) is 37.3 Å². The van der Waals surface area contributed by atoms with Crippen LogP contribution in [0, 0.1) is 0 Å². The number of nitrogens with zero attached hydrogens (tertiary/aromatic N) is 3. The van der Waals surface area contributed by atoms with E-state index in [1.54, 1.807) is 17.5 Å². The van der Waals surface area contributed by atoms with Gasteiger partial charge in [-0.3, -0.25) is 24.2 Å². The van der Waals surface area contributed by atoms with E-state index in [1.807, 2.05) is 6.92 Å². The van der Waals surface area contributed by atoms with Gasteiger partial charge in [-0.25, -0.2) is 9.78 Å². The van der Waals surface area contributed by atoms with E-state index in [-0.39, 0.29) is 35.7 Å². The summed E-state index contributed by atoms with van der Waals surface area (Å²) >= 11 is 1.28. The summed E-state index contributed by atoms with van der Waals surface area (Å²) in [6.07, 6.45) is 1.47. The first-order chi connectivity index (χ1) is 15.4. The number of rotatable bonds is 7. The van der Waals surface area contributed by atoms with Crippen LogP contribution in [0.5, 0.6) is 0 Å². The fraction of sp³-hybridized carbons (Fsp3) is 0.227. The third-order valence-electron chi connectivity index (χ3n) is 4.92. The number of thiazole rings is 1. The van der Waals surface area contributed by atoms with E-state index in [1.165, 1.54) is 47.6 Å². The molecule has 0 fully saturated rings. The Labute approximate surface area is 187 Å². The van der Waals surface area contributed by atoms with Crippen molar-refractivity contribution < 1.29 is 28.3 Å². The maximum Gasteiger partial charge on any atom is 0.338 e. The highest BCUT2D eigenvalue weighted by molar-refractivity contribution is 7.14. The Morgan fingerprint density at radius 3 is 2.66 bits per heavy atom. The van der Waals surface area contributed by atoms with Gasteiger partial charge in [-0.1, -0.05) is 0 Å². The Morgan fingerprint density at radius 2 is 1.97 bits per heavy atom. The first-order valence-corrected chi connectivity index (χ1v) is 10.7. The molecule has 0 atom stereocenters. The minimum Gasteiger partial charge on any atom is -0.467 e. The van der Waals surface area contributed by atoms with Crippen molar-refractivity contribution in [3.05, 3.63) is 70.1 Å². The molecule has 164 valence electrons. The highest BCUT2D eigenvalue weighted by atomic mass is 32.1. The summed E-state index contributed by atoms with van der Waals surface area (Å²) in [6, 6.07) is 7.60. The summed E-state index contributed by atoms with van der Waals surface area (Å²) in [6.45, 7) is 3.72. The zero-order valence-corrected chi connectivity index (χ0v) is 18.2.